The number of rotatable bonds is 27. The monoisotopic (exact) mass is 855 g/mol. The van der Waals surface area contributed by atoms with E-state index < -0.39 is 0 Å². The summed E-state index contributed by atoms with van der Waals surface area (Å²) in [4.78, 5) is 38.1. The first-order valence-corrected chi connectivity index (χ1v) is 25.6. The quantitative estimate of drug-likeness (QED) is 0.0390. The third-order valence-corrected chi connectivity index (χ3v) is 16.5. The highest BCUT2D eigenvalue weighted by molar-refractivity contribution is 7.28. The summed E-state index contributed by atoms with van der Waals surface area (Å²) in [5, 5.41) is 0. The number of ether oxygens (including phenoxy) is 1. The van der Waals surface area contributed by atoms with Crippen LogP contribution in [0.25, 0.3) is 29.3 Å². The second-order valence-corrected chi connectivity index (χ2v) is 21.0. The zero-order chi connectivity index (χ0) is 40.7. The average molecular weight is 856 g/mol. The van der Waals surface area contributed by atoms with Gasteiger partial charge in [0.2, 0.25) is 0 Å². The van der Waals surface area contributed by atoms with Crippen LogP contribution in [0, 0.1) is 19.8 Å². The predicted octanol–water partition coefficient (Wildman–Crippen LogP) is 16.4. The molecule has 1 aliphatic rings. The van der Waals surface area contributed by atoms with Crippen LogP contribution in [0.5, 0.6) is 5.75 Å². The molecule has 0 spiro atoms. The molecule has 0 aliphatic carbocycles. The fourth-order valence-corrected chi connectivity index (χ4v) is 12.5. The molecule has 5 aromatic rings. The van der Waals surface area contributed by atoms with Crippen molar-refractivity contribution in [2.75, 3.05) is 13.2 Å². The van der Waals surface area contributed by atoms with E-state index in [4.69, 9.17) is 4.74 Å². The van der Waals surface area contributed by atoms with Gasteiger partial charge in [-0.2, -0.15) is 0 Å². The Balaban J connectivity index is 0.952. The highest BCUT2D eigenvalue weighted by Gasteiger charge is 2.41. The molecule has 6 rings (SSSR count). The molecule has 1 aliphatic heterocycles. The highest BCUT2D eigenvalue weighted by Crippen LogP contribution is 2.47. The standard InChI is InChI=1S/C50H65NO3S4/c1-5-7-9-11-13-14-16-18-23-39(22-17-15-12-10-8-6-2)35-54-40-27-25-38(26-28-40)21-19-20-34-51-49(52)46-37(4)56-48(47(46)50(51)53)45-33-32-44(58-45)43-31-30-42(57-43)41-29-24-36(3)55-41/h24-33,39H,5-23,34-35H2,1-4H3. The first-order chi connectivity index (χ1) is 28.4. The van der Waals surface area contributed by atoms with Gasteiger partial charge in [-0.05, 0) is 106 Å². The Morgan fingerprint density at radius 1 is 0.534 bits per heavy atom. The minimum Gasteiger partial charge on any atom is -0.493 e. The number of hydrogen-bond donors (Lipinski definition) is 0. The fraction of sp³-hybridized carbons (Fsp3) is 0.520. The lowest BCUT2D eigenvalue weighted by Gasteiger charge is -2.18. The lowest BCUT2D eigenvalue weighted by Crippen LogP contribution is -2.31. The van der Waals surface area contributed by atoms with E-state index in [2.05, 4.69) is 81.4 Å². The minimum absolute atomic E-state index is 0.135. The molecule has 312 valence electrons. The number of nitrogens with zero attached hydrogens (tertiary/aromatic N) is 1. The summed E-state index contributed by atoms with van der Waals surface area (Å²) in [5.41, 5.74) is 2.47. The van der Waals surface area contributed by atoms with Gasteiger partial charge in [0.25, 0.3) is 11.8 Å². The summed E-state index contributed by atoms with van der Waals surface area (Å²) in [6.07, 6.45) is 24.2. The molecule has 5 heterocycles. The third-order valence-electron chi connectivity index (χ3n) is 11.6. The maximum Gasteiger partial charge on any atom is 0.263 e. The molecule has 0 radical (unpaired) electrons. The molecule has 0 fully saturated rings. The number of unbranched alkanes of at least 4 members (excludes halogenated alkanes) is 13. The maximum absolute atomic E-state index is 13.8. The molecule has 1 atom stereocenters. The Labute approximate surface area is 365 Å². The van der Waals surface area contributed by atoms with Crippen LogP contribution in [0.3, 0.4) is 0 Å². The first-order valence-electron chi connectivity index (χ1n) is 22.3. The number of carbonyl (C=O) groups excluding carboxylic acids is 2. The van der Waals surface area contributed by atoms with Crippen LogP contribution in [0.2, 0.25) is 0 Å². The predicted molar refractivity (Wildman–Crippen MR) is 253 cm³/mol. The molecule has 8 heteroatoms. The van der Waals surface area contributed by atoms with E-state index >= 15 is 0 Å². The van der Waals surface area contributed by atoms with Gasteiger partial charge in [0.05, 0.1) is 22.6 Å². The van der Waals surface area contributed by atoms with Crippen molar-refractivity contribution in [3.05, 3.63) is 87.1 Å². The van der Waals surface area contributed by atoms with Crippen molar-refractivity contribution >= 4 is 57.2 Å². The van der Waals surface area contributed by atoms with Gasteiger partial charge >= 0.3 is 0 Å². The molecule has 1 unspecified atom stereocenters. The number of hydrogen-bond acceptors (Lipinski definition) is 7. The molecular formula is C50H65NO3S4. The smallest absolute Gasteiger partial charge is 0.263 e. The normalized spacial score (nSPS) is 13.2. The molecule has 0 saturated carbocycles. The highest BCUT2D eigenvalue weighted by atomic mass is 32.1. The van der Waals surface area contributed by atoms with E-state index in [1.807, 2.05) is 18.3 Å². The first kappa shape index (κ1) is 44.5. The van der Waals surface area contributed by atoms with Gasteiger partial charge in [-0.15, -0.1) is 45.3 Å². The van der Waals surface area contributed by atoms with Gasteiger partial charge in [0.15, 0.2) is 0 Å². The Hall–Kier alpha value is -3.04. The largest absolute Gasteiger partial charge is 0.493 e. The summed E-state index contributed by atoms with van der Waals surface area (Å²) in [6, 6.07) is 21.7. The van der Waals surface area contributed by atoms with Crippen molar-refractivity contribution in [3.8, 4) is 35.0 Å². The van der Waals surface area contributed by atoms with Crippen LogP contribution in [0.15, 0.2) is 60.7 Å². The van der Waals surface area contributed by atoms with Crippen molar-refractivity contribution in [3.63, 3.8) is 0 Å². The van der Waals surface area contributed by atoms with Gasteiger partial charge < -0.3 is 4.74 Å². The number of thiophene rings is 4. The summed E-state index contributed by atoms with van der Waals surface area (Å²) < 4.78 is 6.40. The molecule has 0 bridgehead atoms. The van der Waals surface area contributed by atoms with Crippen LogP contribution in [0.1, 0.15) is 165 Å². The molecule has 4 nitrogen and oxygen atoms in total. The SMILES string of the molecule is CCCCCCCCCCC(CCCCCCCC)COc1ccc(CCCCN2C(=O)c3c(C)sc(-c4ccc(-c5ccc(-c6ccc(C)s6)s5)s4)c3C2=O)cc1. The number of benzene rings is 1. The second kappa shape index (κ2) is 23.1. The van der Waals surface area contributed by atoms with Crippen molar-refractivity contribution in [2.45, 2.75) is 150 Å². The fourth-order valence-electron chi connectivity index (χ4n) is 8.16. The van der Waals surface area contributed by atoms with E-state index in [0.717, 1.165) is 46.3 Å². The average Bonchev–Trinajstić information content (AvgIpc) is 4.07. The zero-order valence-corrected chi connectivity index (χ0v) is 38.8. The third kappa shape index (κ3) is 12.3. The van der Waals surface area contributed by atoms with Crippen LogP contribution in [-0.4, -0.2) is 29.9 Å². The maximum atomic E-state index is 13.8. The van der Waals surface area contributed by atoms with Crippen molar-refractivity contribution in [1.82, 2.24) is 4.90 Å². The van der Waals surface area contributed by atoms with Gasteiger partial charge in [-0.1, -0.05) is 116 Å². The number of fused-ring (bicyclic) bond motifs is 1. The van der Waals surface area contributed by atoms with Gasteiger partial charge in [-0.25, -0.2) is 0 Å². The summed E-state index contributed by atoms with van der Waals surface area (Å²) in [7, 11) is 0. The topological polar surface area (TPSA) is 46.6 Å². The van der Waals surface area contributed by atoms with Crippen LogP contribution < -0.4 is 4.74 Å². The minimum atomic E-state index is -0.139. The molecular weight excluding hydrogens is 791 g/mol. The van der Waals surface area contributed by atoms with Crippen LogP contribution >= 0.6 is 45.3 Å². The number of amides is 2. The number of carbonyl (C=O) groups is 2. The molecule has 0 N–H and O–H groups in total. The van der Waals surface area contributed by atoms with Gasteiger partial charge in [0, 0.05) is 40.7 Å². The Morgan fingerprint density at radius 2 is 1.05 bits per heavy atom. The number of aryl methyl sites for hydroxylation is 3. The van der Waals surface area contributed by atoms with Crippen molar-refractivity contribution in [2.24, 2.45) is 5.92 Å². The van der Waals surface area contributed by atoms with Crippen molar-refractivity contribution in [1.29, 1.82) is 0 Å². The van der Waals surface area contributed by atoms with Gasteiger partial charge in [-0.3, -0.25) is 14.5 Å². The van der Waals surface area contributed by atoms with Gasteiger partial charge in [0.1, 0.15) is 5.75 Å². The Kier molecular flexibility index (Phi) is 17.7. The van der Waals surface area contributed by atoms with Crippen LogP contribution in [-0.2, 0) is 6.42 Å². The number of imide groups is 1. The summed E-state index contributed by atoms with van der Waals surface area (Å²) >= 11 is 6.91. The van der Waals surface area contributed by atoms with Crippen molar-refractivity contribution < 1.29 is 14.3 Å². The molecule has 58 heavy (non-hydrogen) atoms. The molecule has 1 aromatic carbocycles. The molecule has 0 saturated heterocycles. The molecule has 4 aromatic heterocycles. The zero-order valence-electron chi connectivity index (χ0n) is 35.5. The Bertz CT molecular complexity index is 2010. The van der Waals surface area contributed by atoms with E-state index in [-0.39, 0.29) is 11.8 Å². The van der Waals surface area contributed by atoms with E-state index in [0.29, 0.717) is 23.6 Å². The second-order valence-electron chi connectivity index (χ2n) is 16.3. The van der Waals surface area contributed by atoms with E-state index in [1.165, 1.54) is 138 Å². The summed E-state index contributed by atoms with van der Waals surface area (Å²) in [6.45, 7) is 9.96. The van der Waals surface area contributed by atoms with E-state index in [9.17, 15) is 9.59 Å². The lowest BCUT2D eigenvalue weighted by atomic mass is 9.94. The summed E-state index contributed by atoms with van der Waals surface area (Å²) in [5.74, 6) is 1.32. The van der Waals surface area contributed by atoms with Crippen LogP contribution in [0.4, 0.5) is 0 Å². The molecule has 2 amide bonds. The Morgan fingerprint density at radius 3 is 1.64 bits per heavy atom. The van der Waals surface area contributed by atoms with E-state index in [1.54, 1.807) is 34.0 Å². The lowest BCUT2D eigenvalue weighted by molar-refractivity contribution is 0.0651.